The van der Waals surface area contributed by atoms with E-state index in [0.717, 1.165) is 18.4 Å². The van der Waals surface area contributed by atoms with Crippen LogP contribution in [0.3, 0.4) is 0 Å². The number of imidazole rings is 1. The van der Waals surface area contributed by atoms with Crippen LogP contribution in [0.2, 0.25) is 0 Å². The average Bonchev–Trinajstić information content (AvgIpc) is 3.27. The summed E-state index contributed by atoms with van der Waals surface area (Å²) in [5, 5.41) is 23.2. The van der Waals surface area contributed by atoms with Gasteiger partial charge in [0.05, 0.1) is 41.2 Å². The van der Waals surface area contributed by atoms with E-state index in [-0.39, 0.29) is 17.8 Å². The molecular weight excluding hydrogens is 358 g/mol. The highest BCUT2D eigenvalue weighted by molar-refractivity contribution is 5.80. The number of nitriles is 1. The standard InChI is InChI=1S/C19H17N7O2/c20-8-11-5-6-25-16(7-11)14(9-22-25)17-21-10-15-18(24-17)26(19(28)23-15)12-1-3-13(27)4-2-12/h5-7,9-10,12-13,27H,1-4H2,(H,23,28). The van der Waals surface area contributed by atoms with E-state index in [2.05, 4.69) is 26.1 Å². The lowest BCUT2D eigenvalue weighted by atomic mass is 9.93. The van der Waals surface area contributed by atoms with E-state index in [4.69, 9.17) is 5.26 Å². The summed E-state index contributed by atoms with van der Waals surface area (Å²) in [5.41, 5.74) is 2.85. The van der Waals surface area contributed by atoms with Crippen molar-refractivity contribution in [3.8, 4) is 17.5 Å². The number of H-pyrrole nitrogens is 1. The number of rotatable bonds is 2. The molecule has 0 aromatic carbocycles. The van der Waals surface area contributed by atoms with Gasteiger partial charge >= 0.3 is 5.69 Å². The Morgan fingerprint density at radius 2 is 2.07 bits per heavy atom. The van der Waals surface area contributed by atoms with E-state index in [1.807, 2.05) is 0 Å². The summed E-state index contributed by atoms with van der Waals surface area (Å²) in [6.45, 7) is 0. The third-order valence-corrected chi connectivity index (χ3v) is 5.38. The Morgan fingerprint density at radius 3 is 2.86 bits per heavy atom. The smallest absolute Gasteiger partial charge is 0.327 e. The number of hydrogen-bond acceptors (Lipinski definition) is 6. The molecule has 0 amide bonds. The molecule has 1 saturated carbocycles. The molecule has 28 heavy (non-hydrogen) atoms. The van der Waals surface area contributed by atoms with Crippen molar-refractivity contribution in [2.75, 3.05) is 0 Å². The molecule has 1 fully saturated rings. The van der Waals surface area contributed by atoms with Crippen molar-refractivity contribution in [3.63, 3.8) is 0 Å². The Kier molecular flexibility index (Phi) is 3.74. The molecule has 9 heteroatoms. The summed E-state index contributed by atoms with van der Waals surface area (Å²) < 4.78 is 3.34. The number of aromatic amines is 1. The number of aromatic nitrogens is 6. The second kappa shape index (κ2) is 6.28. The number of hydrogen-bond donors (Lipinski definition) is 2. The fraction of sp³-hybridized carbons (Fsp3) is 0.316. The first kappa shape index (κ1) is 16.6. The Hall–Kier alpha value is -3.51. The molecule has 140 valence electrons. The van der Waals surface area contributed by atoms with Gasteiger partial charge in [-0.05, 0) is 37.8 Å². The van der Waals surface area contributed by atoms with Crippen LogP contribution in [0.5, 0.6) is 0 Å². The Labute approximate surface area is 158 Å². The molecule has 0 unspecified atom stereocenters. The van der Waals surface area contributed by atoms with E-state index in [1.54, 1.807) is 39.8 Å². The normalized spacial score (nSPS) is 19.9. The van der Waals surface area contributed by atoms with Gasteiger partial charge in [0.2, 0.25) is 0 Å². The minimum absolute atomic E-state index is 0.00139. The highest BCUT2D eigenvalue weighted by Crippen LogP contribution is 2.30. The van der Waals surface area contributed by atoms with Crippen LogP contribution >= 0.6 is 0 Å². The average molecular weight is 375 g/mol. The summed E-state index contributed by atoms with van der Waals surface area (Å²) in [6, 6.07) is 5.55. The summed E-state index contributed by atoms with van der Waals surface area (Å²) in [5.74, 6) is 0.446. The molecule has 4 aromatic heterocycles. The molecule has 0 aliphatic heterocycles. The maximum atomic E-state index is 12.5. The van der Waals surface area contributed by atoms with Crippen molar-refractivity contribution in [1.29, 1.82) is 5.26 Å². The summed E-state index contributed by atoms with van der Waals surface area (Å²) in [6.07, 6.45) is 7.49. The molecule has 1 aliphatic rings. The van der Waals surface area contributed by atoms with E-state index in [9.17, 15) is 9.90 Å². The number of nitrogens with one attached hydrogen (secondary N) is 1. The van der Waals surface area contributed by atoms with E-state index < -0.39 is 0 Å². The summed E-state index contributed by atoms with van der Waals surface area (Å²) in [7, 11) is 0. The Balaban J connectivity index is 1.65. The zero-order valence-electron chi connectivity index (χ0n) is 14.9. The van der Waals surface area contributed by atoms with E-state index in [0.29, 0.717) is 41.0 Å². The lowest BCUT2D eigenvalue weighted by Crippen LogP contribution is -2.27. The molecular formula is C19H17N7O2. The van der Waals surface area contributed by atoms with Gasteiger partial charge in [0.25, 0.3) is 0 Å². The highest BCUT2D eigenvalue weighted by Gasteiger charge is 2.25. The summed E-state index contributed by atoms with van der Waals surface area (Å²) >= 11 is 0. The van der Waals surface area contributed by atoms with Gasteiger partial charge in [-0.15, -0.1) is 0 Å². The van der Waals surface area contributed by atoms with Gasteiger partial charge in [-0.1, -0.05) is 0 Å². The molecule has 2 N–H and O–H groups in total. The van der Waals surface area contributed by atoms with Crippen LogP contribution < -0.4 is 5.69 Å². The van der Waals surface area contributed by atoms with Gasteiger partial charge in [-0.2, -0.15) is 10.4 Å². The third-order valence-electron chi connectivity index (χ3n) is 5.38. The number of pyridine rings is 1. The molecule has 0 spiro atoms. The van der Waals surface area contributed by atoms with Gasteiger partial charge in [0.15, 0.2) is 11.5 Å². The lowest BCUT2D eigenvalue weighted by molar-refractivity contribution is 0.111. The number of aliphatic hydroxyl groups excluding tert-OH is 1. The Morgan fingerprint density at radius 1 is 1.25 bits per heavy atom. The molecule has 0 saturated heterocycles. The van der Waals surface area contributed by atoms with Crippen LogP contribution in [-0.4, -0.2) is 40.3 Å². The summed E-state index contributed by atoms with van der Waals surface area (Å²) in [4.78, 5) is 24.4. The van der Waals surface area contributed by atoms with E-state index >= 15 is 0 Å². The predicted molar refractivity (Wildman–Crippen MR) is 101 cm³/mol. The molecule has 0 radical (unpaired) electrons. The maximum Gasteiger partial charge on any atom is 0.327 e. The minimum Gasteiger partial charge on any atom is -0.393 e. The second-order valence-electron chi connectivity index (χ2n) is 7.11. The molecule has 4 heterocycles. The van der Waals surface area contributed by atoms with Crippen LogP contribution in [0, 0.1) is 11.3 Å². The molecule has 0 bridgehead atoms. The van der Waals surface area contributed by atoms with Crippen molar-refractivity contribution < 1.29 is 5.11 Å². The van der Waals surface area contributed by atoms with Crippen LogP contribution in [0.25, 0.3) is 28.1 Å². The minimum atomic E-state index is -0.296. The zero-order chi connectivity index (χ0) is 19.3. The van der Waals surface area contributed by atoms with Crippen LogP contribution in [0.15, 0.2) is 35.5 Å². The highest BCUT2D eigenvalue weighted by atomic mass is 16.3. The second-order valence-corrected chi connectivity index (χ2v) is 7.11. The van der Waals surface area contributed by atoms with Gasteiger partial charge in [0.1, 0.15) is 5.52 Å². The first-order valence-electron chi connectivity index (χ1n) is 9.17. The topological polar surface area (TPSA) is 125 Å². The number of aliphatic hydroxyl groups is 1. The zero-order valence-corrected chi connectivity index (χ0v) is 14.9. The molecule has 9 nitrogen and oxygen atoms in total. The van der Waals surface area contributed by atoms with Crippen molar-refractivity contribution in [3.05, 3.63) is 46.8 Å². The van der Waals surface area contributed by atoms with E-state index in [1.165, 1.54) is 0 Å². The van der Waals surface area contributed by atoms with Crippen molar-refractivity contribution in [2.24, 2.45) is 0 Å². The van der Waals surface area contributed by atoms with Crippen molar-refractivity contribution in [1.82, 2.24) is 29.1 Å². The van der Waals surface area contributed by atoms with Gasteiger partial charge < -0.3 is 10.1 Å². The molecule has 1 aliphatic carbocycles. The lowest BCUT2D eigenvalue weighted by Gasteiger charge is -2.25. The third kappa shape index (κ3) is 2.58. The van der Waals surface area contributed by atoms with Crippen LogP contribution in [0.1, 0.15) is 37.3 Å². The first-order chi connectivity index (χ1) is 13.6. The first-order valence-corrected chi connectivity index (χ1v) is 9.17. The SMILES string of the molecule is N#Cc1ccn2ncc(-c3ncc4[nH]c(=O)n(C5CCC(O)CC5)c4n3)c2c1. The fourth-order valence-electron chi connectivity index (χ4n) is 3.92. The largest absolute Gasteiger partial charge is 0.393 e. The monoisotopic (exact) mass is 375 g/mol. The fourth-order valence-corrected chi connectivity index (χ4v) is 3.92. The molecule has 0 atom stereocenters. The Bertz CT molecular complexity index is 1290. The van der Waals surface area contributed by atoms with Crippen LogP contribution in [-0.2, 0) is 0 Å². The van der Waals surface area contributed by atoms with Crippen LogP contribution in [0.4, 0.5) is 0 Å². The van der Waals surface area contributed by atoms with Gasteiger partial charge in [0, 0.05) is 12.2 Å². The van der Waals surface area contributed by atoms with Gasteiger partial charge in [-0.25, -0.2) is 19.3 Å². The molecule has 5 rings (SSSR count). The predicted octanol–water partition coefficient (Wildman–Crippen LogP) is 1.78. The van der Waals surface area contributed by atoms with Crippen molar-refractivity contribution >= 4 is 16.7 Å². The van der Waals surface area contributed by atoms with Crippen molar-refractivity contribution in [2.45, 2.75) is 37.8 Å². The number of fused-ring (bicyclic) bond motifs is 2. The molecule has 4 aromatic rings. The maximum absolute atomic E-state index is 12.5. The number of nitrogens with zero attached hydrogens (tertiary/aromatic N) is 6. The van der Waals surface area contributed by atoms with Gasteiger partial charge in [-0.3, -0.25) is 4.57 Å². The quantitative estimate of drug-likeness (QED) is 0.550.